The van der Waals surface area contributed by atoms with Crippen molar-refractivity contribution in [2.45, 2.75) is 24.8 Å². The van der Waals surface area contributed by atoms with Crippen LogP contribution in [0.5, 0.6) is 0 Å². The minimum Gasteiger partial charge on any atom is -0.344 e. The second kappa shape index (κ2) is 6.94. The predicted molar refractivity (Wildman–Crippen MR) is 118 cm³/mol. The van der Waals surface area contributed by atoms with Gasteiger partial charge in [0.2, 0.25) is 5.91 Å². The monoisotopic (exact) mass is 413 g/mol. The van der Waals surface area contributed by atoms with Crippen molar-refractivity contribution in [2.24, 2.45) is 7.05 Å². The van der Waals surface area contributed by atoms with E-state index in [0.717, 1.165) is 16.8 Å². The van der Waals surface area contributed by atoms with E-state index in [4.69, 9.17) is 0 Å². The molecule has 156 valence electrons. The zero-order chi connectivity index (χ0) is 21.8. The molecule has 2 aliphatic heterocycles. The molecular weight excluding hydrogens is 390 g/mol. The number of likely N-dealkylation sites (tertiary alicyclic amines) is 1. The number of nitrogens with one attached hydrogen (secondary N) is 1. The minimum absolute atomic E-state index is 0.0871. The molecule has 2 amide bonds. The van der Waals surface area contributed by atoms with Crippen molar-refractivity contribution in [3.63, 3.8) is 0 Å². The number of carbonyl (C=O) groups is 2. The lowest BCUT2D eigenvalue weighted by atomic mass is 9.72. The summed E-state index contributed by atoms with van der Waals surface area (Å²) >= 11 is 0. The molecule has 3 heterocycles. The first kappa shape index (κ1) is 19.3. The van der Waals surface area contributed by atoms with Crippen LogP contribution in [0.25, 0.3) is 0 Å². The van der Waals surface area contributed by atoms with Crippen LogP contribution in [0.4, 0.5) is 5.69 Å². The largest absolute Gasteiger partial charge is 0.344 e. The van der Waals surface area contributed by atoms with Gasteiger partial charge >= 0.3 is 0 Å². The Labute approximate surface area is 180 Å². The summed E-state index contributed by atoms with van der Waals surface area (Å²) in [7, 11) is 1.78. The molecule has 2 aliphatic rings. The number of anilines is 1. The van der Waals surface area contributed by atoms with E-state index >= 15 is 0 Å². The van der Waals surface area contributed by atoms with Crippen LogP contribution in [0.3, 0.4) is 0 Å². The first-order valence-electron chi connectivity index (χ1n) is 10.4. The molecule has 5 rings (SSSR count). The lowest BCUT2D eigenvalue weighted by Gasteiger charge is -2.34. The number of rotatable bonds is 2. The number of hydrogen-bond acceptors (Lipinski definition) is 3. The number of carbonyl (C=O) groups excluding carboxylic acids is 2. The zero-order valence-corrected chi connectivity index (χ0v) is 17.5. The van der Waals surface area contributed by atoms with Gasteiger partial charge in [0.15, 0.2) is 5.43 Å². The molecule has 1 spiro atoms. The van der Waals surface area contributed by atoms with E-state index in [1.165, 1.54) is 12.1 Å². The average Bonchev–Trinajstić information content (AvgIpc) is 3.30. The Morgan fingerprint density at radius 2 is 1.74 bits per heavy atom. The van der Waals surface area contributed by atoms with Crippen LogP contribution in [-0.4, -0.2) is 27.8 Å². The minimum atomic E-state index is -0.865. The third kappa shape index (κ3) is 2.75. The van der Waals surface area contributed by atoms with E-state index in [-0.39, 0.29) is 17.2 Å². The summed E-state index contributed by atoms with van der Waals surface area (Å²) in [5.74, 6) is -0.331. The van der Waals surface area contributed by atoms with Gasteiger partial charge in [-0.15, -0.1) is 0 Å². The normalized spacial score (nSPS) is 21.9. The Morgan fingerprint density at radius 1 is 1.03 bits per heavy atom. The summed E-state index contributed by atoms with van der Waals surface area (Å²) in [5.41, 5.74) is 2.59. The lowest BCUT2D eigenvalue weighted by Crippen LogP contribution is -2.43. The molecule has 2 aromatic carbocycles. The van der Waals surface area contributed by atoms with Gasteiger partial charge in [0.1, 0.15) is 11.1 Å². The van der Waals surface area contributed by atoms with Crippen LogP contribution in [0.2, 0.25) is 0 Å². The van der Waals surface area contributed by atoms with Gasteiger partial charge in [-0.2, -0.15) is 0 Å². The van der Waals surface area contributed by atoms with E-state index in [0.29, 0.717) is 24.4 Å². The first-order valence-corrected chi connectivity index (χ1v) is 10.4. The summed E-state index contributed by atoms with van der Waals surface area (Å²) in [6.07, 6.45) is 0.515. The highest BCUT2D eigenvalue weighted by atomic mass is 16.2. The van der Waals surface area contributed by atoms with Gasteiger partial charge in [-0.1, -0.05) is 48.5 Å². The molecule has 2 unspecified atom stereocenters. The average molecular weight is 413 g/mol. The Kier molecular flexibility index (Phi) is 4.32. The summed E-state index contributed by atoms with van der Waals surface area (Å²) in [5, 5.41) is 3.03. The van der Waals surface area contributed by atoms with E-state index in [9.17, 15) is 14.4 Å². The predicted octanol–water partition coefficient (Wildman–Crippen LogP) is 3.17. The van der Waals surface area contributed by atoms with E-state index in [1.54, 1.807) is 23.4 Å². The highest BCUT2D eigenvalue weighted by molar-refractivity contribution is 6.08. The first-order chi connectivity index (χ1) is 14.9. The molecule has 0 radical (unpaired) electrons. The van der Waals surface area contributed by atoms with Crippen molar-refractivity contribution in [1.29, 1.82) is 0 Å². The third-order valence-corrected chi connectivity index (χ3v) is 6.70. The lowest BCUT2D eigenvalue weighted by molar-refractivity contribution is -0.121. The van der Waals surface area contributed by atoms with Gasteiger partial charge in [0, 0.05) is 37.1 Å². The second-order valence-corrected chi connectivity index (χ2v) is 8.31. The summed E-state index contributed by atoms with van der Waals surface area (Å²) in [6.45, 7) is 2.22. The molecular formula is C25H23N3O3. The molecule has 1 fully saturated rings. The van der Waals surface area contributed by atoms with Crippen LogP contribution in [-0.2, 0) is 17.3 Å². The molecule has 1 aromatic heterocycles. The Morgan fingerprint density at radius 3 is 2.52 bits per heavy atom. The molecule has 6 heteroatoms. The number of benzene rings is 2. The number of amides is 2. The molecule has 3 aromatic rings. The SMILES string of the molecule is Cc1cc(=O)cc(C(=O)N2CCC3(C(=O)Nc4ccccc43)C2c2ccccc2)n1C. The fourth-order valence-corrected chi connectivity index (χ4v) is 5.12. The second-order valence-electron chi connectivity index (χ2n) is 8.31. The van der Waals surface area contributed by atoms with Gasteiger partial charge in [-0.3, -0.25) is 14.4 Å². The Hall–Kier alpha value is -3.67. The number of aromatic nitrogens is 1. The Bertz CT molecular complexity index is 1260. The maximum absolute atomic E-state index is 13.7. The van der Waals surface area contributed by atoms with E-state index in [1.807, 2.05) is 54.6 Å². The van der Waals surface area contributed by atoms with Crippen LogP contribution in [0, 0.1) is 6.92 Å². The molecule has 0 saturated carbocycles. The van der Waals surface area contributed by atoms with Gasteiger partial charge in [0.05, 0.1) is 6.04 Å². The van der Waals surface area contributed by atoms with Gasteiger partial charge in [-0.05, 0) is 30.5 Å². The molecule has 0 aliphatic carbocycles. The van der Waals surface area contributed by atoms with Crippen molar-refractivity contribution in [2.75, 3.05) is 11.9 Å². The van der Waals surface area contributed by atoms with Crippen molar-refractivity contribution >= 4 is 17.5 Å². The van der Waals surface area contributed by atoms with Gasteiger partial charge in [0.25, 0.3) is 5.91 Å². The van der Waals surface area contributed by atoms with Crippen LogP contribution in [0.1, 0.15) is 39.8 Å². The van der Waals surface area contributed by atoms with Crippen LogP contribution < -0.4 is 10.7 Å². The molecule has 31 heavy (non-hydrogen) atoms. The maximum atomic E-state index is 13.7. The fourth-order valence-electron chi connectivity index (χ4n) is 5.12. The highest BCUT2D eigenvalue weighted by Crippen LogP contribution is 2.54. The van der Waals surface area contributed by atoms with E-state index in [2.05, 4.69) is 5.32 Å². The van der Waals surface area contributed by atoms with Crippen LogP contribution >= 0.6 is 0 Å². The smallest absolute Gasteiger partial charge is 0.271 e. The topological polar surface area (TPSA) is 71.4 Å². The fraction of sp³-hybridized carbons (Fsp3) is 0.240. The molecule has 1 saturated heterocycles. The van der Waals surface area contributed by atoms with Gasteiger partial charge in [-0.25, -0.2) is 0 Å². The molecule has 1 N–H and O–H groups in total. The number of aryl methyl sites for hydroxylation is 1. The standard InChI is InChI=1S/C25H23N3O3/c1-16-14-18(29)15-21(27(16)2)23(30)28-13-12-25(22(28)17-8-4-3-5-9-17)19-10-6-7-11-20(19)26-24(25)31/h3-11,14-15,22H,12-13H2,1-2H3,(H,26,31). The van der Waals surface area contributed by atoms with Crippen molar-refractivity contribution < 1.29 is 9.59 Å². The quantitative estimate of drug-likeness (QED) is 0.702. The summed E-state index contributed by atoms with van der Waals surface area (Å²) in [6, 6.07) is 19.8. The molecule has 6 nitrogen and oxygen atoms in total. The Balaban J connectivity index is 1.69. The van der Waals surface area contributed by atoms with Gasteiger partial charge < -0.3 is 14.8 Å². The molecule has 2 atom stereocenters. The van der Waals surface area contributed by atoms with Crippen molar-refractivity contribution in [3.05, 3.63) is 99.5 Å². The zero-order valence-electron chi connectivity index (χ0n) is 17.5. The third-order valence-electron chi connectivity index (χ3n) is 6.70. The highest BCUT2D eigenvalue weighted by Gasteiger charge is 2.59. The van der Waals surface area contributed by atoms with Crippen molar-refractivity contribution in [1.82, 2.24) is 9.47 Å². The number of hydrogen-bond donors (Lipinski definition) is 1. The number of para-hydroxylation sites is 1. The van der Waals surface area contributed by atoms with Crippen LogP contribution in [0.15, 0.2) is 71.5 Å². The summed E-state index contributed by atoms with van der Waals surface area (Å²) < 4.78 is 1.74. The number of nitrogens with zero attached hydrogens (tertiary/aromatic N) is 2. The summed E-state index contributed by atoms with van der Waals surface area (Å²) in [4.78, 5) is 41.1. The number of pyridine rings is 1. The van der Waals surface area contributed by atoms with Crippen molar-refractivity contribution in [3.8, 4) is 0 Å². The maximum Gasteiger partial charge on any atom is 0.271 e. The number of fused-ring (bicyclic) bond motifs is 2. The molecule has 0 bridgehead atoms. The van der Waals surface area contributed by atoms with E-state index < -0.39 is 11.5 Å².